The average molecular weight is 212 g/mol. The highest BCUT2D eigenvalue weighted by molar-refractivity contribution is 5.89. The van der Waals surface area contributed by atoms with Crippen molar-refractivity contribution in [3.63, 3.8) is 0 Å². The number of ether oxygens (including phenoxy) is 1. The summed E-state index contributed by atoms with van der Waals surface area (Å²) in [5.74, 6) is -0.601. The maximum atomic E-state index is 11.4. The molecule has 0 spiro atoms. The van der Waals surface area contributed by atoms with Gasteiger partial charge in [-0.25, -0.2) is 4.79 Å². The summed E-state index contributed by atoms with van der Waals surface area (Å²) in [6.07, 6.45) is -0.911. The number of aliphatic hydroxyl groups excluding tert-OH is 2. The highest BCUT2D eigenvalue weighted by atomic mass is 16.6. The minimum Gasteiger partial charge on any atom is -0.508 e. The van der Waals surface area contributed by atoms with E-state index in [4.69, 9.17) is 20.1 Å². The second-order valence-corrected chi connectivity index (χ2v) is 2.94. The predicted molar refractivity (Wildman–Crippen MR) is 51.5 cm³/mol. The molecule has 15 heavy (non-hydrogen) atoms. The fourth-order valence-electron chi connectivity index (χ4n) is 0.949. The van der Waals surface area contributed by atoms with Crippen molar-refractivity contribution in [3.05, 3.63) is 29.8 Å². The first-order chi connectivity index (χ1) is 7.17. The number of hydrogen-bond acceptors (Lipinski definition) is 5. The molecule has 0 heterocycles. The minimum absolute atomic E-state index is 0.0485. The summed E-state index contributed by atoms with van der Waals surface area (Å²) < 4.78 is 4.75. The Morgan fingerprint density at radius 1 is 1.20 bits per heavy atom. The van der Waals surface area contributed by atoms with Crippen molar-refractivity contribution < 1.29 is 24.9 Å². The summed E-state index contributed by atoms with van der Waals surface area (Å²) in [6.45, 7) is -0.860. The van der Waals surface area contributed by atoms with Crippen LogP contribution in [0, 0.1) is 0 Å². The molecule has 0 aliphatic carbocycles. The average Bonchev–Trinajstić information content (AvgIpc) is 2.26. The van der Waals surface area contributed by atoms with Crippen LogP contribution in [-0.4, -0.2) is 40.6 Å². The molecular formula is C10H12O5. The van der Waals surface area contributed by atoms with Gasteiger partial charge in [0.05, 0.1) is 18.8 Å². The lowest BCUT2D eigenvalue weighted by atomic mass is 10.2. The van der Waals surface area contributed by atoms with E-state index in [9.17, 15) is 4.79 Å². The number of aromatic hydroxyl groups is 1. The summed E-state index contributed by atoms with van der Waals surface area (Å²) in [6, 6.07) is 5.49. The van der Waals surface area contributed by atoms with Gasteiger partial charge in [0.2, 0.25) is 0 Å². The number of phenolic OH excluding ortho intramolecular Hbond substituents is 1. The third-order valence-electron chi connectivity index (χ3n) is 1.78. The van der Waals surface area contributed by atoms with E-state index < -0.39 is 25.3 Å². The molecule has 0 aliphatic rings. The van der Waals surface area contributed by atoms with Gasteiger partial charge in [-0.15, -0.1) is 0 Å². The van der Waals surface area contributed by atoms with Crippen LogP contribution in [0.4, 0.5) is 0 Å². The second-order valence-electron chi connectivity index (χ2n) is 2.94. The summed E-state index contributed by atoms with van der Waals surface area (Å²) in [7, 11) is 0. The van der Waals surface area contributed by atoms with Crippen LogP contribution in [0.3, 0.4) is 0 Å². The van der Waals surface area contributed by atoms with Crippen LogP contribution in [0.2, 0.25) is 0 Å². The fourth-order valence-corrected chi connectivity index (χ4v) is 0.949. The van der Waals surface area contributed by atoms with Crippen molar-refractivity contribution in [1.82, 2.24) is 0 Å². The number of phenols is 1. The maximum absolute atomic E-state index is 11.4. The summed E-state index contributed by atoms with van der Waals surface area (Å²) in [5.41, 5.74) is 0.250. The molecule has 1 rings (SSSR count). The Balaban J connectivity index is 2.64. The first kappa shape index (κ1) is 11.5. The van der Waals surface area contributed by atoms with Crippen molar-refractivity contribution in [2.45, 2.75) is 6.10 Å². The minimum atomic E-state index is -0.911. The number of rotatable bonds is 4. The van der Waals surface area contributed by atoms with Crippen LogP contribution >= 0.6 is 0 Å². The van der Waals surface area contributed by atoms with Crippen LogP contribution < -0.4 is 0 Å². The number of aliphatic hydroxyl groups is 2. The highest BCUT2D eigenvalue weighted by Crippen LogP contribution is 2.11. The Kier molecular flexibility index (Phi) is 4.08. The number of hydrogen-bond donors (Lipinski definition) is 3. The van der Waals surface area contributed by atoms with Crippen molar-refractivity contribution in [3.8, 4) is 5.75 Å². The molecule has 0 fully saturated rings. The summed E-state index contributed by atoms with van der Waals surface area (Å²) in [5, 5.41) is 26.4. The van der Waals surface area contributed by atoms with E-state index in [2.05, 4.69) is 0 Å². The maximum Gasteiger partial charge on any atom is 0.338 e. The zero-order valence-electron chi connectivity index (χ0n) is 7.96. The molecular weight excluding hydrogens is 200 g/mol. The molecule has 5 heteroatoms. The predicted octanol–water partition coefficient (Wildman–Crippen LogP) is -0.0978. The Bertz CT molecular complexity index is 315. The first-order valence-corrected chi connectivity index (χ1v) is 4.39. The molecule has 3 N–H and O–H groups in total. The standard InChI is InChI=1S/C10H12O5/c11-5-9(6-12)15-10(14)7-1-3-8(13)4-2-7/h1-4,9,11-13H,5-6H2. The Morgan fingerprint density at radius 2 is 1.73 bits per heavy atom. The van der Waals surface area contributed by atoms with E-state index in [1.165, 1.54) is 24.3 Å². The monoisotopic (exact) mass is 212 g/mol. The smallest absolute Gasteiger partial charge is 0.338 e. The van der Waals surface area contributed by atoms with E-state index in [0.717, 1.165) is 0 Å². The van der Waals surface area contributed by atoms with E-state index in [-0.39, 0.29) is 11.3 Å². The Morgan fingerprint density at radius 3 is 2.20 bits per heavy atom. The van der Waals surface area contributed by atoms with Crippen LogP contribution in [0.15, 0.2) is 24.3 Å². The molecule has 0 aromatic heterocycles. The van der Waals surface area contributed by atoms with Gasteiger partial charge in [-0.1, -0.05) is 0 Å². The molecule has 0 unspecified atom stereocenters. The quantitative estimate of drug-likeness (QED) is 0.607. The number of benzene rings is 1. The van der Waals surface area contributed by atoms with Gasteiger partial charge in [-0.3, -0.25) is 0 Å². The van der Waals surface area contributed by atoms with Crippen LogP contribution in [0.5, 0.6) is 5.75 Å². The molecule has 0 bridgehead atoms. The molecule has 1 aromatic rings. The zero-order valence-corrected chi connectivity index (χ0v) is 7.96. The van der Waals surface area contributed by atoms with Gasteiger partial charge >= 0.3 is 5.97 Å². The van der Waals surface area contributed by atoms with Crippen molar-refractivity contribution in [2.24, 2.45) is 0 Å². The lowest BCUT2D eigenvalue weighted by Gasteiger charge is -2.12. The molecule has 0 radical (unpaired) electrons. The van der Waals surface area contributed by atoms with Crippen molar-refractivity contribution in [2.75, 3.05) is 13.2 Å². The summed E-state index contributed by atoms with van der Waals surface area (Å²) in [4.78, 5) is 11.4. The van der Waals surface area contributed by atoms with Gasteiger partial charge < -0.3 is 20.1 Å². The number of carbonyl (C=O) groups excluding carboxylic acids is 1. The Hall–Kier alpha value is -1.59. The molecule has 82 valence electrons. The lowest BCUT2D eigenvalue weighted by molar-refractivity contribution is -0.00544. The normalized spacial score (nSPS) is 10.3. The highest BCUT2D eigenvalue weighted by Gasteiger charge is 2.13. The number of esters is 1. The fraction of sp³-hybridized carbons (Fsp3) is 0.300. The largest absolute Gasteiger partial charge is 0.508 e. The molecule has 0 saturated carbocycles. The van der Waals surface area contributed by atoms with Crippen LogP contribution in [-0.2, 0) is 4.74 Å². The summed E-state index contributed by atoms with van der Waals surface area (Å²) >= 11 is 0. The Labute approximate surface area is 86.5 Å². The van der Waals surface area contributed by atoms with Gasteiger partial charge in [0.1, 0.15) is 11.9 Å². The molecule has 0 saturated heterocycles. The molecule has 0 amide bonds. The van der Waals surface area contributed by atoms with E-state index >= 15 is 0 Å². The molecule has 0 atom stereocenters. The SMILES string of the molecule is O=C(OC(CO)CO)c1ccc(O)cc1. The zero-order chi connectivity index (χ0) is 11.3. The van der Waals surface area contributed by atoms with Gasteiger partial charge in [-0.2, -0.15) is 0 Å². The van der Waals surface area contributed by atoms with Gasteiger partial charge in [0.25, 0.3) is 0 Å². The topological polar surface area (TPSA) is 87.0 Å². The van der Waals surface area contributed by atoms with Crippen molar-refractivity contribution in [1.29, 1.82) is 0 Å². The van der Waals surface area contributed by atoms with Gasteiger partial charge in [-0.05, 0) is 24.3 Å². The molecule has 0 aliphatic heterocycles. The van der Waals surface area contributed by atoms with E-state index in [0.29, 0.717) is 0 Å². The number of carbonyl (C=O) groups is 1. The third-order valence-corrected chi connectivity index (χ3v) is 1.78. The van der Waals surface area contributed by atoms with Gasteiger partial charge in [0, 0.05) is 0 Å². The van der Waals surface area contributed by atoms with Crippen LogP contribution in [0.1, 0.15) is 10.4 Å². The third kappa shape index (κ3) is 3.23. The molecule has 1 aromatic carbocycles. The lowest BCUT2D eigenvalue weighted by Crippen LogP contribution is -2.25. The van der Waals surface area contributed by atoms with E-state index in [1.807, 2.05) is 0 Å². The van der Waals surface area contributed by atoms with Gasteiger partial charge in [0.15, 0.2) is 0 Å². The first-order valence-electron chi connectivity index (χ1n) is 4.39. The van der Waals surface area contributed by atoms with Crippen LogP contribution in [0.25, 0.3) is 0 Å². The molecule has 5 nitrogen and oxygen atoms in total. The van der Waals surface area contributed by atoms with Crippen molar-refractivity contribution >= 4 is 5.97 Å². The van der Waals surface area contributed by atoms with E-state index in [1.54, 1.807) is 0 Å². The second kappa shape index (κ2) is 5.33.